The molecule has 1 rings (SSSR count). The van der Waals surface area contributed by atoms with Crippen molar-refractivity contribution < 1.29 is 10.2 Å². The van der Waals surface area contributed by atoms with Gasteiger partial charge in [-0.05, 0) is 6.92 Å². The van der Waals surface area contributed by atoms with E-state index in [0.717, 1.165) is 10.8 Å². The van der Waals surface area contributed by atoms with Crippen molar-refractivity contribution >= 4 is 16.8 Å². The standard InChI is InChI=1S/C9H17NO2S/c1-6(12)9(2,3)8-10-7(4-11)5-13-8/h6-7,11-12H,4-5H2,1-3H3. The van der Waals surface area contributed by atoms with Crippen molar-refractivity contribution in [2.75, 3.05) is 12.4 Å². The SMILES string of the molecule is CC(O)C(C)(C)C1=NC(CO)CS1. The van der Waals surface area contributed by atoms with Gasteiger partial charge >= 0.3 is 0 Å². The first kappa shape index (κ1) is 11.0. The lowest BCUT2D eigenvalue weighted by molar-refractivity contribution is 0.114. The molecule has 3 nitrogen and oxygen atoms in total. The third kappa shape index (κ3) is 2.24. The molecule has 0 saturated heterocycles. The zero-order chi connectivity index (χ0) is 10.1. The fourth-order valence-electron chi connectivity index (χ4n) is 1.04. The zero-order valence-electron chi connectivity index (χ0n) is 8.32. The largest absolute Gasteiger partial charge is 0.394 e. The summed E-state index contributed by atoms with van der Waals surface area (Å²) in [7, 11) is 0. The van der Waals surface area contributed by atoms with E-state index in [4.69, 9.17) is 5.11 Å². The molecule has 0 aliphatic carbocycles. The first-order chi connectivity index (χ1) is 5.98. The van der Waals surface area contributed by atoms with Gasteiger partial charge in [-0.1, -0.05) is 13.8 Å². The Hall–Kier alpha value is -0.0600. The van der Waals surface area contributed by atoms with Crippen molar-refractivity contribution in [1.82, 2.24) is 0 Å². The van der Waals surface area contributed by atoms with E-state index < -0.39 is 6.10 Å². The van der Waals surface area contributed by atoms with Crippen LogP contribution in [0.1, 0.15) is 20.8 Å². The van der Waals surface area contributed by atoms with Crippen LogP contribution in [0.4, 0.5) is 0 Å². The lowest BCUT2D eigenvalue weighted by Crippen LogP contribution is -2.32. The van der Waals surface area contributed by atoms with E-state index in [1.54, 1.807) is 18.7 Å². The van der Waals surface area contributed by atoms with Gasteiger partial charge < -0.3 is 10.2 Å². The third-order valence-corrected chi connectivity index (χ3v) is 3.98. The van der Waals surface area contributed by atoms with Gasteiger partial charge in [-0.2, -0.15) is 0 Å². The predicted octanol–water partition coefficient (Wildman–Crippen LogP) is 0.900. The van der Waals surface area contributed by atoms with E-state index in [1.165, 1.54) is 0 Å². The van der Waals surface area contributed by atoms with Gasteiger partial charge in [0.25, 0.3) is 0 Å². The van der Waals surface area contributed by atoms with E-state index in [9.17, 15) is 5.11 Å². The topological polar surface area (TPSA) is 52.8 Å². The van der Waals surface area contributed by atoms with Crippen LogP contribution >= 0.6 is 11.8 Å². The quantitative estimate of drug-likeness (QED) is 0.716. The van der Waals surface area contributed by atoms with E-state index >= 15 is 0 Å². The van der Waals surface area contributed by atoms with Gasteiger partial charge in [-0.25, -0.2) is 0 Å². The maximum Gasteiger partial charge on any atom is 0.0834 e. The van der Waals surface area contributed by atoms with Crippen LogP contribution in [0.3, 0.4) is 0 Å². The van der Waals surface area contributed by atoms with Crippen molar-refractivity contribution in [1.29, 1.82) is 0 Å². The minimum atomic E-state index is -0.406. The molecule has 0 spiro atoms. The molecular formula is C9H17NO2S. The Balaban J connectivity index is 2.73. The second kappa shape index (κ2) is 3.98. The average Bonchev–Trinajstić information content (AvgIpc) is 2.51. The monoisotopic (exact) mass is 203 g/mol. The molecule has 0 aromatic rings. The van der Waals surface area contributed by atoms with Crippen LogP contribution in [0.5, 0.6) is 0 Å². The summed E-state index contributed by atoms with van der Waals surface area (Å²) in [5.74, 6) is 0.835. The molecule has 0 bridgehead atoms. The van der Waals surface area contributed by atoms with Gasteiger partial charge in [-0.15, -0.1) is 11.8 Å². The molecule has 0 amide bonds. The van der Waals surface area contributed by atoms with Crippen LogP contribution < -0.4 is 0 Å². The number of hydrogen-bond acceptors (Lipinski definition) is 4. The number of aliphatic imine (C=N–C) groups is 1. The van der Waals surface area contributed by atoms with Crippen molar-refractivity contribution in [2.24, 2.45) is 10.4 Å². The summed E-state index contributed by atoms with van der Waals surface area (Å²) in [6.45, 7) is 5.83. The van der Waals surface area contributed by atoms with Crippen molar-refractivity contribution in [3.05, 3.63) is 0 Å². The van der Waals surface area contributed by atoms with Crippen LogP contribution in [0.25, 0.3) is 0 Å². The second-order valence-corrected chi connectivity index (χ2v) is 4.99. The number of aliphatic hydroxyl groups is 2. The summed E-state index contributed by atoms with van der Waals surface area (Å²) in [4.78, 5) is 4.37. The Labute approximate surface area is 83.3 Å². The molecule has 4 heteroatoms. The molecule has 1 aliphatic heterocycles. The predicted molar refractivity (Wildman–Crippen MR) is 56.2 cm³/mol. The molecule has 13 heavy (non-hydrogen) atoms. The molecule has 1 heterocycles. The smallest absolute Gasteiger partial charge is 0.0834 e. The molecule has 76 valence electrons. The van der Waals surface area contributed by atoms with E-state index in [-0.39, 0.29) is 18.1 Å². The highest BCUT2D eigenvalue weighted by atomic mass is 32.2. The Bertz CT molecular complexity index is 214. The molecule has 0 radical (unpaired) electrons. The minimum absolute atomic E-state index is 0.0259. The highest BCUT2D eigenvalue weighted by molar-refractivity contribution is 8.14. The normalized spacial score (nSPS) is 25.9. The highest BCUT2D eigenvalue weighted by Crippen LogP contribution is 2.33. The van der Waals surface area contributed by atoms with Gasteiger partial charge in [0.05, 0.1) is 23.8 Å². The van der Waals surface area contributed by atoms with Crippen LogP contribution in [0.15, 0.2) is 4.99 Å². The summed E-state index contributed by atoms with van der Waals surface area (Å²) in [6, 6.07) is 0.0259. The fraction of sp³-hybridized carbons (Fsp3) is 0.889. The van der Waals surface area contributed by atoms with Crippen molar-refractivity contribution in [3.63, 3.8) is 0 Å². The molecule has 0 fully saturated rings. The Morgan fingerprint density at radius 2 is 2.31 bits per heavy atom. The Morgan fingerprint density at radius 3 is 2.69 bits per heavy atom. The van der Waals surface area contributed by atoms with E-state index in [1.807, 2.05) is 13.8 Å². The zero-order valence-corrected chi connectivity index (χ0v) is 9.14. The Kier molecular flexibility index (Phi) is 3.38. The van der Waals surface area contributed by atoms with Crippen LogP contribution in [-0.2, 0) is 0 Å². The van der Waals surface area contributed by atoms with Gasteiger partial charge in [-0.3, -0.25) is 4.99 Å². The molecule has 2 N–H and O–H groups in total. The van der Waals surface area contributed by atoms with Gasteiger partial charge in [0.1, 0.15) is 0 Å². The number of nitrogens with zero attached hydrogens (tertiary/aromatic N) is 1. The molecule has 2 unspecified atom stereocenters. The maximum absolute atomic E-state index is 9.54. The molecule has 0 saturated carbocycles. The van der Waals surface area contributed by atoms with Gasteiger partial charge in [0.2, 0.25) is 0 Å². The van der Waals surface area contributed by atoms with Gasteiger partial charge in [0, 0.05) is 11.2 Å². The summed E-state index contributed by atoms with van der Waals surface area (Å²) in [5, 5.41) is 19.4. The van der Waals surface area contributed by atoms with E-state index in [0.29, 0.717) is 0 Å². The number of rotatable bonds is 3. The first-order valence-electron chi connectivity index (χ1n) is 4.48. The average molecular weight is 203 g/mol. The fourth-order valence-corrected chi connectivity index (χ4v) is 2.34. The van der Waals surface area contributed by atoms with Crippen LogP contribution in [0.2, 0.25) is 0 Å². The number of thioether (sulfide) groups is 1. The van der Waals surface area contributed by atoms with E-state index in [2.05, 4.69) is 4.99 Å². The van der Waals surface area contributed by atoms with Gasteiger partial charge in [0.15, 0.2) is 0 Å². The highest BCUT2D eigenvalue weighted by Gasteiger charge is 2.34. The van der Waals surface area contributed by atoms with Crippen molar-refractivity contribution in [3.8, 4) is 0 Å². The molecule has 2 atom stereocenters. The van der Waals surface area contributed by atoms with Crippen LogP contribution in [-0.4, -0.2) is 39.8 Å². The Morgan fingerprint density at radius 1 is 1.69 bits per heavy atom. The lowest BCUT2D eigenvalue weighted by atomic mass is 9.89. The molecule has 0 aromatic heterocycles. The lowest BCUT2D eigenvalue weighted by Gasteiger charge is -2.27. The first-order valence-corrected chi connectivity index (χ1v) is 5.47. The number of aliphatic hydroxyl groups excluding tert-OH is 2. The van der Waals surface area contributed by atoms with Crippen molar-refractivity contribution in [2.45, 2.75) is 32.9 Å². The molecule has 1 aliphatic rings. The summed E-state index contributed by atoms with van der Waals surface area (Å²) < 4.78 is 0. The maximum atomic E-state index is 9.54. The number of hydrogen-bond donors (Lipinski definition) is 2. The third-order valence-electron chi connectivity index (χ3n) is 2.52. The summed E-state index contributed by atoms with van der Waals surface area (Å²) >= 11 is 1.64. The molecular weight excluding hydrogens is 186 g/mol. The minimum Gasteiger partial charge on any atom is -0.394 e. The van der Waals surface area contributed by atoms with Crippen LogP contribution in [0, 0.1) is 5.41 Å². The second-order valence-electron chi connectivity index (χ2n) is 3.98. The molecule has 0 aromatic carbocycles. The summed E-state index contributed by atoms with van der Waals surface area (Å²) in [5.41, 5.74) is -0.283. The summed E-state index contributed by atoms with van der Waals surface area (Å²) in [6.07, 6.45) is -0.406.